The molecule has 0 aromatic heterocycles. The molecule has 0 bridgehead atoms. The van der Waals surface area contributed by atoms with E-state index in [1.54, 1.807) is 11.8 Å². The Balaban J connectivity index is 4.26. The predicted octanol–water partition coefficient (Wildman–Crippen LogP) is 6.43. The van der Waals surface area contributed by atoms with Crippen molar-refractivity contribution in [2.45, 2.75) is 104 Å². The van der Waals surface area contributed by atoms with E-state index in [9.17, 15) is 9.59 Å². The van der Waals surface area contributed by atoms with E-state index in [1.165, 1.54) is 19.3 Å². The summed E-state index contributed by atoms with van der Waals surface area (Å²) in [4.78, 5) is 23.8. The van der Waals surface area contributed by atoms with Crippen molar-refractivity contribution < 1.29 is 19.1 Å². The lowest BCUT2D eigenvalue weighted by atomic mass is 10.2. The molecule has 1 atom stereocenters. The maximum absolute atomic E-state index is 12.0. The quantitative estimate of drug-likeness (QED) is 0.196. The molecule has 0 N–H and O–H groups in total. The Morgan fingerprint density at radius 1 is 0.852 bits per heavy atom. The fraction of sp³-hybridized carbons (Fsp3) is 0.818. The molecule has 0 saturated carbocycles. The molecule has 0 spiro atoms. The normalized spacial score (nSPS) is 12.3. The minimum Gasteiger partial charge on any atom is -0.462 e. The topological polar surface area (TPSA) is 52.6 Å². The molecule has 0 aromatic carbocycles. The minimum atomic E-state index is -0.375. The van der Waals surface area contributed by atoms with Gasteiger partial charge in [-0.05, 0) is 31.1 Å². The lowest BCUT2D eigenvalue weighted by molar-refractivity contribution is -0.157. The number of esters is 2. The molecule has 0 saturated heterocycles. The molecular weight excluding hydrogens is 360 g/mol. The number of allylic oxidation sites excluding steroid dienone is 1. The average Bonchev–Trinajstić information content (AvgIpc) is 2.65. The van der Waals surface area contributed by atoms with E-state index in [-0.39, 0.29) is 24.6 Å². The third kappa shape index (κ3) is 18.2. The van der Waals surface area contributed by atoms with Crippen molar-refractivity contribution in [1.29, 1.82) is 0 Å². The van der Waals surface area contributed by atoms with Gasteiger partial charge in [0.05, 0.1) is 0 Å². The fourth-order valence-electron chi connectivity index (χ4n) is 2.47. The highest BCUT2D eigenvalue weighted by molar-refractivity contribution is 8.02. The highest BCUT2D eigenvalue weighted by Gasteiger charge is 2.16. The molecule has 1 unspecified atom stereocenters. The van der Waals surface area contributed by atoms with E-state index in [4.69, 9.17) is 9.47 Å². The zero-order valence-corrected chi connectivity index (χ0v) is 18.5. The van der Waals surface area contributed by atoms with Crippen LogP contribution in [0.3, 0.4) is 0 Å². The summed E-state index contributed by atoms with van der Waals surface area (Å²) < 4.78 is 10.9. The highest BCUT2D eigenvalue weighted by Crippen LogP contribution is 2.12. The van der Waals surface area contributed by atoms with Gasteiger partial charge in [-0.2, -0.15) is 0 Å². The standard InChI is InChI=1S/C22H40O4S/c1-4-7-10-11-14-17-27-19-20(26-22(24)16-13-9-6-3)18-25-21(23)15-12-8-5-2/h14,17,20H,4-13,15-16,18-19H2,1-3H3. The SMILES string of the molecule is CCCCCC=CSCC(COC(=O)CCCCC)OC(=O)CCCCC. The van der Waals surface area contributed by atoms with Crippen LogP contribution >= 0.6 is 11.8 Å². The van der Waals surface area contributed by atoms with Crippen molar-refractivity contribution >= 4 is 23.7 Å². The number of carbonyl (C=O) groups excluding carboxylic acids is 2. The lowest BCUT2D eigenvalue weighted by Crippen LogP contribution is -2.27. The zero-order chi connectivity index (χ0) is 20.2. The average molecular weight is 401 g/mol. The van der Waals surface area contributed by atoms with Gasteiger partial charge >= 0.3 is 11.9 Å². The summed E-state index contributed by atoms with van der Waals surface area (Å²) in [5, 5.41) is 2.07. The Morgan fingerprint density at radius 3 is 2.07 bits per heavy atom. The number of thioether (sulfide) groups is 1. The van der Waals surface area contributed by atoms with Crippen LogP contribution in [0.15, 0.2) is 11.5 Å². The van der Waals surface area contributed by atoms with Crippen LogP contribution in [0.25, 0.3) is 0 Å². The Hall–Kier alpha value is -0.970. The van der Waals surface area contributed by atoms with Crippen molar-refractivity contribution in [3.63, 3.8) is 0 Å². The third-order valence-corrected chi connectivity index (χ3v) is 5.10. The number of ether oxygens (including phenoxy) is 2. The Labute approximate surface area is 170 Å². The molecule has 0 fully saturated rings. The van der Waals surface area contributed by atoms with Crippen LogP contribution in [0, 0.1) is 0 Å². The molecule has 0 heterocycles. The molecule has 158 valence electrons. The molecule has 4 nitrogen and oxygen atoms in total. The van der Waals surface area contributed by atoms with E-state index < -0.39 is 0 Å². The van der Waals surface area contributed by atoms with Gasteiger partial charge in [0, 0.05) is 18.6 Å². The molecule has 0 amide bonds. The van der Waals surface area contributed by atoms with E-state index in [0.717, 1.165) is 44.9 Å². The van der Waals surface area contributed by atoms with E-state index in [2.05, 4.69) is 32.3 Å². The van der Waals surface area contributed by atoms with Crippen LogP contribution in [-0.4, -0.2) is 30.4 Å². The maximum atomic E-state index is 12.0. The predicted molar refractivity (Wildman–Crippen MR) is 115 cm³/mol. The summed E-state index contributed by atoms with van der Waals surface area (Å²) in [7, 11) is 0. The second-order valence-electron chi connectivity index (χ2n) is 6.91. The summed E-state index contributed by atoms with van der Waals surface area (Å²) >= 11 is 1.61. The summed E-state index contributed by atoms with van der Waals surface area (Å²) in [5.41, 5.74) is 0. The van der Waals surface area contributed by atoms with Crippen LogP contribution < -0.4 is 0 Å². The van der Waals surface area contributed by atoms with Crippen molar-refractivity contribution in [1.82, 2.24) is 0 Å². The van der Waals surface area contributed by atoms with Crippen LogP contribution in [0.4, 0.5) is 0 Å². The van der Waals surface area contributed by atoms with Gasteiger partial charge in [-0.3, -0.25) is 9.59 Å². The van der Waals surface area contributed by atoms with Crippen LogP contribution in [0.5, 0.6) is 0 Å². The van der Waals surface area contributed by atoms with E-state index >= 15 is 0 Å². The lowest BCUT2D eigenvalue weighted by Gasteiger charge is -2.17. The first-order valence-corrected chi connectivity index (χ1v) is 11.8. The minimum absolute atomic E-state index is 0.154. The fourth-order valence-corrected chi connectivity index (χ4v) is 3.23. The number of hydrogen-bond donors (Lipinski definition) is 0. The number of unbranched alkanes of at least 4 members (excludes halogenated alkanes) is 7. The van der Waals surface area contributed by atoms with Crippen LogP contribution in [0.2, 0.25) is 0 Å². The number of rotatable bonds is 18. The van der Waals surface area contributed by atoms with Crippen LogP contribution in [0.1, 0.15) is 97.8 Å². The first-order valence-electron chi connectivity index (χ1n) is 10.8. The largest absolute Gasteiger partial charge is 0.462 e. The van der Waals surface area contributed by atoms with Gasteiger partial charge in [0.15, 0.2) is 0 Å². The molecule has 5 heteroatoms. The summed E-state index contributed by atoms with van der Waals surface area (Å²) in [6.07, 6.45) is 13.3. The zero-order valence-electron chi connectivity index (χ0n) is 17.7. The number of hydrogen-bond acceptors (Lipinski definition) is 5. The Morgan fingerprint density at radius 2 is 1.44 bits per heavy atom. The molecule has 0 rings (SSSR count). The number of carbonyl (C=O) groups is 2. The summed E-state index contributed by atoms with van der Waals surface area (Å²) in [6, 6.07) is 0. The summed E-state index contributed by atoms with van der Waals surface area (Å²) in [5.74, 6) is 0.227. The smallest absolute Gasteiger partial charge is 0.306 e. The van der Waals surface area contributed by atoms with Gasteiger partial charge < -0.3 is 9.47 Å². The van der Waals surface area contributed by atoms with Gasteiger partial charge in [0.2, 0.25) is 0 Å². The molecule has 0 aromatic rings. The van der Waals surface area contributed by atoms with Crippen molar-refractivity contribution in [3.8, 4) is 0 Å². The van der Waals surface area contributed by atoms with Gasteiger partial charge in [-0.1, -0.05) is 65.4 Å². The Kier molecular flexibility index (Phi) is 19.1. The first-order chi connectivity index (χ1) is 13.1. The van der Waals surface area contributed by atoms with Crippen LogP contribution in [-0.2, 0) is 19.1 Å². The van der Waals surface area contributed by atoms with Gasteiger partial charge in [-0.15, -0.1) is 11.8 Å². The maximum Gasteiger partial charge on any atom is 0.306 e. The highest BCUT2D eigenvalue weighted by atomic mass is 32.2. The van der Waals surface area contributed by atoms with Gasteiger partial charge in [0.25, 0.3) is 0 Å². The molecular formula is C22H40O4S. The van der Waals surface area contributed by atoms with Gasteiger partial charge in [0.1, 0.15) is 12.7 Å². The van der Waals surface area contributed by atoms with Crippen molar-refractivity contribution in [2.75, 3.05) is 12.4 Å². The molecule has 0 aliphatic heterocycles. The second kappa shape index (κ2) is 19.8. The molecule has 0 aliphatic rings. The van der Waals surface area contributed by atoms with Crippen molar-refractivity contribution in [2.24, 2.45) is 0 Å². The monoisotopic (exact) mass is 400 g/mol. The van der Waals surface area contributed by atoms with Gasteiger partial charge in [-0.25, -0.2) is 0 Å². The van der Waals surface area contributed by atoms with E-state index in [1.807, 2.05) is 0 Å². The van der Waals surface area contributed by atoms with E-state index in [0.29, 0.717) is 18.6 Å². The molecule has 27 heavy (non-hydrogen) atoms. The second-order valence-corrected chi connectivity index (χ2v) is 7.85. The Bertz CT molecular complexity index is 396. The third-order valence-electron chi connectivity index (χ3n) is 4.15. The first kappa shape index (κ1) is 26.0. The summed E-state index contributed by atoms with van der Waals surface area (Å²) in [6.45, 7) is 6.56. The van der Waals surface area contributed by atoms with Crippen molar-refractivity contribution in [3.05, 3.63) is 11.5 Å². The molecule has 0 aliphatic carbocycles. The molecule has 0 radical (unpaired) electrons.